The van der Waals surface area contributed by atoms with Crippen molar-refractivity contribution in [3.8, 4) is 17.5 Å². The summed E-state index contributed by atoms with van der Waals surface area (Å²) in [5, 5.41) is 16.9. The molecule has 1 N–H and O–H groups in total. The molecule has 3 aromatic rings. The summed E-state index contributed by atoms with van der Waals surface area (Å²) in [5.74, 6) is 0.611. The molecule has 0 spiro atoms. The van der Waals surface area contributed by atoms with Crippen molar-refractivity contribution in [1.29, 1.82) is 5.26 Å². The number of nitrogens with one attached hydrogen (secondary N) is 1. The van der Waals surface area contributed by atoms with Gasteiger partial charge in [0.05, 0.1) is 17.6 Å². The first-order valence-electron chi connectivity index (χ1n) is 8.94. The van der Waals surface area contributed by atoms with Crippen LogP contribution in [0.4, 0.5) is 5.69 Å². The van der Waals surface area contributed by atoms with Crippen LogP contribution in [0, 0.1) is 11.3 Å². The maximum Gasteiger partial charge on any atom is 0.292 e. The van der Waals surface area contributed by atoms with Crippen molar-refractivity contribution in [3.63, 3.8) is 0 Å². The van der Waals surface area contributed by atoms with Gasteiger partial charge >= 0.3 is 0 Å². The second-order valence-corrected chi connectivity index (χ2v) is 7.02. The summed E-state index contributed by atoms with van der Waals surface area (Å²) in [5.41, 5.74) is 1.47. The third-order valence-electron chi connectivity index (χ3n) is 4.16. The SMILES string of the molecule is CCC(C#N)Oc1cccc(CNc2cnn(-c3ccc(Cl)cc3)c(=O)c2Cl)c1. The Labute approximate surface area is 178 Å². The van der Waals surface area contributed by atoms with Gasteiger partial charge in [0.2, 0.25) is 0 Å². The molecule has 2 aromatic carbocycles. The number of nitrogens with zero attached hydrogens (tertiary/aromatic N) is 3. The van der Waals surface area contributed by atoms with E-state index in [0.29, 0.717) is 35.1 Å². The summed E-state index contributed by atoms with van der Waals surface area (Å²) in [7, 11) is 0. The summed E-state index contributed by atoms with van der Waals surface area (Å²) < 4.78 is 6.84. The largest absolute Gasteiger partial charge is 0.476 e. The van der Waals surface area contributed by atoms with Crippen molar-refractivity contribution < 1.29 is 4.74 Å². The summed E-state index contributed by atoms with van der Waals surface area (Å²) >= 11 is 12.1. The number of hydrogen-bond donors (Lipinski definition) is 1. The van der Waals surface area contributed by atoms with E-state index in [1.165, 1.54) is 10.9 Å². The van der Waals surface area contributed by atoms with Gasteiger partial charge in [0.15, 0.2) is 6.10 Å². The molecule has 0 fully saturated rings. The standard InChI is InChI=1S/C21H18Cl2N4O2/c1-2-17(11-24)29-18-5-3-4-14(10-18)12-25-19-13-26-27(21(28)20(19)23)16-8-6-15(22)7-9-16/h3-10,13,17,25H,2,12H2,1H3. The van der Waals surface area contributed by atoms with Gasteiger partial charge in [0.1, 0.15) is 16.8 Å². The summed E-state index contributed by atoms with van der Waals surface area (Å²) in [6.07, 6.45) is 1.61. The van der Waals surface area contributed by atoms with Crippen LogP contribution in [0.1, 0.15) is 18.9 Å². The molecule has 1 unspecified atom stereocenters. The summed E-state index contributed by atoms with van der Waals surface area (Å²) in [6.45, 7) is 2.30. The number of ether oxygens (including phenoxy) is 1. The van der Waals surface area contributed by atoms with E-state index in [2.05, 4.69) is 16.5 Å². The molecule has 1 aromatic heterocycles. The fourth-order valence-corrected chi connectivity index (χ4v) is 2.94. The van der Waals surface area contributed by atoms with Gasteiger partial charge < -0.3 is 10.1 Å². The fraction of sp³-hybridized carbons (Fsp3) is 0.190. The van der Waals surface area contributed by atoms with Crippen LogP contribution in [0.5, 0.6) is 5.75 Å². The van der Waals surface area contributed by atoms with Crippen LogP contribution in [0.25, 0.3) is 5.69 Å². The monoisotopic (exact) mass is 428 g/mol. The van der Waals surface area contributed by atoms with Crippen molar-refractivity contribution in [2.45, 2.75) is 26.0 Å². The maximum atomic E-state index is 12.6. The Kier molecular flexibility index (Phi) is 6.76. The minimum Gasteiger partial charge on any atom is -0.476 e. The lowest BCUT2D eigenvalue weighted by Crippen LogP contribution is -2.22. The molecular formula is C21H18Cl2N4O2. The zero-order valence-electron chi connectivity index (χ0n) is 15.6. The number of nitriles is 1. The van der Waals surface area contributed by atoms with E-state index in [9.17, 15) is 4.79 Å². The van der Waals surface area contributed by atoms with Crippen LogP contribution in [0.2, 0.25) is 10.0 Å². The van der Waals surface area contributed by atoms with E-state index in [1.54, 1.807) is 30.3 Å². The molecule has 3 rings (SSSR count). The molecule has 0 amide bonds. The van der Waals surface area contributed by atoms with Crippen molar-refractivity contribution in [2.75, 3.05) is 5.32 Å². The van der Waals surface area contributed by atoms with Gasteiger partial charge in [0, 0.05) is 11.6 Å². The Morgan fingerprint density at radius 1 is 1.24 bits per heavy atom. The Morgan fingerprint density at radius 3 is 2.69 bits per heavy atom. The highest BCUT2D eigenvalue weighted by molar-refractivity contribution is 6.33. The lowest BCUT2D eigenvalue weighted by Gasteiger charge is -2.13. The first kappa shape index (κ1) is 20.7. The van der Waals surface area contributed by atoms with Gasteiger partial charge in [0.25, 0.3) is 5.56 Å². The van der Waals surface area contributed by atoms with Crippen LogP contribution in [0.3, 0.4) is 0 Å². The van der Waals surface area contributed by atoms with Gasteiger partial charge in [-0.1, -0.05) is 42.3 Å². The van der Waals surface area contributed by atoms with Gasteiger partial charge in [-0.3, -0.25) is 4.79 Å². The Morgan fingerprint density at radius 2 is 2.00 bits per heavy atom. The van der Waals surface area contributed by atoms with Crippen LogP contribution >= 0.6 is 23.2 Å². The highest BCUT2D eigenvalue weighted by atomic mass is 35.5. The van der Waals surface area contributed by atoms with Crippen molar-refractivity contribution in [3.05, 3.63) is 80.7 Å². The van der Waals surface area contributed by atoms with Crippen molar-refractivity contribution in [2.24, 2.45) is 0 Å². The summed E-state index contributed by atoms with van der Waals surface area (Å²) in [4.78, 5) is 12.6. The zero-order valence-corrected chi connectivity index (χ0v) is 17.1. The van der Waals surface area contributed by atoms with Crippen LogP contribution < -0.4 is 15.6 Å². The quantitative estimate of drug-likeness (QED) is 0.582. The molecule has 0 radical (unpaired) electrons. The minimum absolute atomic E-state index is 0.0397. The van der Waals surface area contributed by atoms with Crippen LogP contribution in [-0.4, -0.2) is 15.9 Å². The lowest BCUT2D eigenvalue weighted by atomic mass is 10.2. The third kappa shape index (κ3) is 5.08. The van der Waals surface area contributed by atoms with Crippen LogP contribution in [-0.2, 0) is 6.54 Å². The molecule has 1 atom stereocenters. The average Bonchev–Trinajstić information content (AvgIpc) is 2.74. The van der Waals surface area contributed by atoms with Crippen molar-refractivity contribution >= 4 is 28.9 Å². The smallest absolute Gasteiger partial charge is 0.292 e. The zero-order chi connectivity index (χ0) is 20.8. The molecule has 0 bridgehead atoms. The number of hydrogen-bond acceptors (Lipinski definition) is 5. The molecule has 1 heterocycles. The first-order valence-corrected chi connectivity index (χ1v) is 9.70. The molecule has 148 valence electrons. The van der Waals surface area contributed by atoms with Crippen molar-refractivity contribution in [1.82, 2.24) is 9.78 Å². The molecule has 0 saturated carbocycles. The molecule has 6 nitrogen and oxygen atoms in total. The number of halogens is 2. The van der Waals surface area contributed by atoms with Crippen LogP contribution in [0.15, 0.2) is 59.5 Å². The highest BCUT2D eigenvalue weighted by Crippen LogP contribution is 2.20. The van der Waals surface area contributed by atoms with Gasteiger partial charge in [-0.2, -0.15) is 15.0 Å². The van der Waals surface area contributed by atoms with E-state index in [-0.39, 0.29) is 5.02 Å². The minimum atomic E-state index is -0.489. The molecule has 8 heteroatoms. The number of rotatable bonds is 7. The van der Waals surface area contributed by atoms with E-state index < -0.39 is 11.7 Å². The molecule has 29 heavy (non-hydrogen) atoms. The van der Waals surface area contributed by atoms with E-state index in [4.69, 9.17) is 33.2 Å². The Balaban J connectivity index is 1.75. The Hall–Kier alpha value is -3.01. The fourth-order valence-electron chi connectivity index (χ4n) is 2.61. The van der Waals surface area contributed by atoms with E-state index in [1.807, 2.05) is 25.1 Å². The Bertz CT molecular complexity index is 1090. The van der Waals surface area contributed by atoms with Gasteiger partial charge in [-0.05, 0) is 48.4 Å². The number of anilines is 1. The lowest BCUT2D eigenvalue weighted by molar-refractivity contribution is 0.251. The highest BCUT2D eigenvalue weighted by Gasteiger charge is 2.11. The van der Waals surface area contributed by atoms with Gasteiger partial charge in [-0.25, -0.2) is 0 Å². The normalized spacial score (nSPS) is 11.5. The number of benzene rings is 2. The molecule has 0 aliphatic heterocycles. The average molecular weight is 429 g/mol. The second-order valence-electron chi connectivity index (χ2n) is 6.21. The van der Waals surface area contributed by atoms with Gasteiger partial charge in [-0.15, -0.1) is 0 Å². The summed E-state index contributed by atoms with van der Waals surface area (Å²) in [6, 6.07) is 16.2. The number of aromatic nitrogens is 2. The third-order valence-corrected chi connectivity index (χ3v) is 4.78. The first-order chi connectivity index (χ1) is 14.0. The topological polar surface area (TPSA) is 79.9 Å². The molecule has 0 aliphatic carbocycles. The molecule has 0 aliphatic rings. The van der Waals surface area contributed by atoms with E-state index >= 15 is 0 Å². The molecular weight excluding hydrogens is 411 g/mol. The maximum absolute atomic E-state index is 12.6. The molecule has 0 saturated heterocycles. The second kappa shape index (κ2) is 9.46. The predicted octanol–water partition coefficient (Wildman–Crippen LogP) is 4.83. The predicted molar refractivity (Wildman–Crippen MR) is 114 cm³/mol. The van der Waals surface area contributed by atoms with E-state index in [0.717, 1.165) is 5.56 Å².